The van der Waals surface area contributed by atoms with Crippen LogP contribution in [-0.2, 0) is 14.3 Å². The third-order valence-electron chi connectivity index (χ3n) is 5.11. The molecule has 5 aliphatic rings. The van der Waals surface area contributed by atoms with Crippen molar-refractivity contribution in [2.45, 2.75) is 62.3 Å². The first kappa shape index (κ1) is 8.57. The molecule has 2 spiro atoms. The lowest BCUT2D eigenvalue weighted by molar-refractivity contribution is -0.189. The summed E-state index contributed by atoms with van der Waals surface area (Å²) in [6.07, 6.45) is 7.67. The summed E-state index contributed by atoms with van der Waals surface area (Å²) >= 11 is 0. The summed E-state index contributed by atoms with van der Waals surface area (Å²) in [4.78, 5) is 11.9. The number of fused-ring (bicyclic) bond motifs is 2. The zero-order valence-corrected chi connectivity index (χ0v) is 8.83. The standard InChI is InChI=1S/C12H16O3/c13-10-8-2-6-12(15-10)5-1-4-11(12)7-3-9(8)14-11/h8-9H,1-7H2/t8-,9-,11+,12+/m1/s1. The number of hydrogen-bond donors (Lipinski definition) is 0. The first-order valence-electron chi connectivity index (χ1n) is 6.15. The minimum Gasteiger partial charge on any atom is -0.456 e. The molecule has 0 aromatic rings. The Bertz CT molecular complexity index is 340. The first-order valence-corrected chi connectivity index (χ1v) is 6.15. The highest BCUT2D eigenvalue weighted by Gasteiger charge is 2.67. The molecule has 4 atom stereocenters. The zero-order valence-electron chi connectivity index (χ0n) is 8.83. The molecule has 1 saturated carbocycles. The van der Waals surface area contributed by atoms with Gasteiger partial charge in [-0.05, 0) is 44.9 Å². The molecule has 3 heteroatoms. The summed E-state index contributed by atoms with van der Waals surface area (Å²) in [7, 11) is 0. The van der Waals surface area contributed by atoms with Gasteiger partial charge in [-0.15, -0.1) is 0 Å². The summed E-state index contributed by atoms with van der Waals surface area (Å²) in [6.45, 7) is 0. The van der Waals surface area contributed by atoms with Gasteiger partial charge in [0, 0.05) is 0 Å². The van der Waals surface area contributed by atoms with Gasteiger partial charge < -0.3 is 9.47 Å². The first-order chi connectivity index (χ1) is 7.25. The van der Waals surface area contributed by atoms with E-state index >= 15 is 0 Å². The summed E-state index contributed by atoms with van der Waals surface area (Å²) in [5.74, 6) is 0.0651. The fourth-order valence-corrected chi connectivity index (χ4v) is 4.36. The van der Waals surface area contributed by atoms with Crippen molar-refractivity contribution in [1.82, 2.24) is 0 Å². The van der Waals surface area contributed by atoms with E-state index in [4.69, 9.17) is 9.47 Å². The quantitative estimate of drug-likeness (QED) is 0.569. The second kappa shape index (κ2) is 2.40. The van der Waals surface area contributed by atoms with Gasteiger partial charge in [0.25, 0.3) is 0 Å². The fraction of sp³-hybridized carbons (Fsp3) is 0.917. The van der Waals surface area contributed by atoms with Crippen molar-refractivity contribution in [3.05, 3.63) is 0 Å². The molecule has 4 heterocycles. The highest BCUT2D eigenvalue weighted by atomic mass is 16.6. The largest absolute Gasteiger partial charge is 0.456 e. The number of rotatable bonds is 0. The molecule has 0 radical (unpaired) electrons. The molecule has 5 rings (SSSR count). The molecule has 4 saturated heterocycles. The molecule has 5 fully saturated rings. The molecule has 15 heavy (non-hydrogen) atoms. The van der Waals surface area contributed by atoms with Crippen molar-refractivity contribution in [3.63, 3.8) is 0 Å². The van der Waals surface area contributed by atoms with Gasteiger partial charge in [-0.25, -0.2) is 0 Å². The number of carbonyl (C=O) groups is 1. The summed E-state index contributed by atoms with van der Waals surface area (Å²) < 4.78 is 12.0. The third-order valence-corrected chi connectivity index (χ3v) is 5.11. The van der Waals surface area contributed by atoms with Gasteiger partial charge in [0.2, 0.25) is 0 Å². The minimum absolute atomic E-state index is 0.0229. The highest BCUT2D eigenvalue weighted by molar-refractivity contribution is 5.75. The van der Waals surface area contributed by atoms with Crippen LogP contribution in [0.1, 0.15) is 44.9 Å². The summed E-state index contributed by atoms with van der Waals surface area (Å²) in [6, 6.07) is 0. The Morgan fingerprint density at radius 2 is 1.87 bits per heavy atom. The topological polar surface area (TPSA) is 35.5 Å². The van der Waals surface area contributed by atoms with Crippen LogP contribution in [-0.4, -0.2) is 23.3 Å². The van der Waals surface area contributed by atoms with Gasteiger partial charge in [-0.2, -0.15) is 0 Å². The molecular weight excluding hydrogens is 192 g/mol. The zero-order chi connectivity index (χ0) is 10.1. The van der Waals surface area contributed by atoms with Crippen LogP contribution in [0.5, 0.6) is 0 Å². The number of esters is 1. The van der Waals surface area contributed by atoms with E-state index in [1.54, 1.807) is 0 Å². The summed E-state index contributed by atoms with van der Waals surface area (Å²) in [5, 5.41) is 0. The van der Waals surface area contributed by atoms with E-state index in [2.05, 4.69) is 0 Å². The third kappa shape index (κ3) is 0.814. The lowest BCUT2D eigenvalue weighted by Gasteiger charge is -2.43. The van der Waals surface area contributed by atoms with Crippen molar-refractivity contribution in [3.8, 4) is 0 Å². The van der Waals surface area contributed by atoms with Crippen LogP contribution in [0, 0.1) is 5.92 Å². The van der Waals surface area contributed by atoms with E-state index in [-0.39, 0.29) is 29.2 Å². The van der Waals surface area contributed by atoms with Crippen molar-refractivity contribution in [1.29, 1.82) is 0 Å². The Kier molecular flexibility index (Phi) is 1.37. The second-order valence-corrected chi connectivity index (χ2v) is 5.60. The normalized spacial score (nSPS) is 56.4. The predicted octanol–water partition coefficient (Wildman–Crippen LogP) is 1.79. The molecule has 0 amide bonds. The van der Waals surface area contributed by atoms with Crippen LogP contribution in [0.2, 0.25) is 0 Å². The molecular formula is C12H16O3. The maximum atomic E-state index is 11.9. The molecule has 4 bridgehead atoms. The van der Waals surface area contributed by atoms with E-state index < -0.39 is 0 Å². The Morgan fingerprint density at radius 3 is 2.73 bits per heavy atom. The number of hydrogen-bond acceptors (Lipinski definition) is 3. The molecule has 0 aromatic carbocycles. The average molecular weight is 208 g/mol. The summed E-state index contributed by atoms with van der Waals surface area (Å²) in [5.41, 5.74) is -0.315. The Balaban J connectivity index is 1.89. The van der Waals surface area contributed by atoms with Gasteiger partial charge in [-0.3, -0.25) is 4.79 Å². The van der Waals surface area contributed by atoms with Gasteiger partial charge >= 0.3 is 5.97 Å². The van der Waals surface area contributed by atoms with Crippen molar-refractivity contribution < 1.29 is 14.3 Å². The molecule has 0 N–H and O–H groups in total. The van der Waals surface area contributed by atoms with Crippen molar-refractivity contribution in [2.75, 3.05) is 0 Å². The maximum Gasteiger partial charge on any atom is 0.312 e. The SMILES string of the molecule is O=C1O[C@]23CCC[C@]24CC[C@@H](O4)[C@H]1CC3. The van der Waals surface area contributed by atoms with Gasteiger partial charge in [-0.1, -0.05) is 0 Å². The number of carbonyl (C=O) groups excluding carboxylic acids is 1. The number of ether oxygens (including phenoxy) is 2. The lowest BCUT2D eigenvalue weighted by atomic mass is 9.74. The monoisotopic (exact) mass is 208 g/mol. The van der Waals surface area contributed by atoms with Gasteiger partial charge in [0.1, 0.15) is 11.2 Å². The predicted molar refractivity (Wildman–Crippen MR) is 52.2 cm³/mol. The Labute approximate surface area is 89.1 Å². The van der Waals surface area contributed by atoms with Crippen molar-refractivity contribution >= 4 is 5.97 Å². The average Bonchev–Trinajstić information content (AvgIpc) is 2.70. The van der Waals surface area contributed by atoms with E-state index in [1.165, 1.54) is 0 Å². The van der Waals surface area contributed by atoms with E-state index in [0.29, 0.717) is 0 Å². The van der Waals surface area contributed by atoms with Crippen LogP contribution in [0.25, 0.3) is 0 Å². The molecule has 1 aliphatic carbocycles. The highest BCUT2D eigenvalue weighted by Crippen LogP contribution is 2.60. The Morgan fingerprint density at radius 1 is 1.07 bits per heavy atom. The molecule has 0 unspecified atom stereocenters. The molecule has 0 aromatic heterocycles. The van der Waals surface area contributed by atoms with E-state index in [1.807, 2.05) is 0 Å². The van der Waals surface area contributed by atoms with E-state index in [0.717, 1.165) is 44.9 Å². The van der Waals surface area contributed by atoms with Crippen LogP contribution in [0.4, 0.5) is 0 Å². The smallest absolute Gasteiger partial charge is 0.312 e. The van der Waals surface area contributed by atoms with Gasteiger partial charge in [0.05, 0.1) is 12.0 Å². The van der Waals surface area contributed by atoms with Crippen LogP contribution < -0.4 is 0 Å². The van der Waals surface area contributed by atoms with Crippen LogP contribution in [0.3, 0.4) is 0 Å². The van der Waals surface area contributed by atoms with Crippen molar-refractivity contribution in [2.24, 2.45) is 5.92 Å². The van der Waals surface area contributed by atoms with E-state index in [9.17, 15) is 4.79 Å². The molecule has 3 nitrogen and oxygen atoms in total. The molecule has 82 valence electrons. The van der Waals surface area contributed by atoms with Crippen LogP contribution in [0.15, 0.2) is 0 Å². The fourth-order valence-electron chi connectivity index (χ4n) is 4.36. The lowest BCUT2D eigenvalue weighted by Crippen LogP contribution is -2.53. The second-order valence-electron chi connectivity index (χ2n) is 5.60. The maximum absolute atomic E-state index is 11.9. The van der Waals surface area contributed by atoms with Gasteiger partial charge in [0.15, 0.2) is 0 Å². The Hall–Kier alpha value is -0.570. The van der Waals surface area contributed by atoms with Crippen LogP contribution >= 0.6 is 0 Å². The minimum atomic E-state index is -0.230. The molecule has 4 aliphatic heterocycles.